The summed E-state index contributed by atoms with van der Waals surface area (Å²) in [5, 5.41) is 10.0. The Morgan fingerprint density at radius 2 is 2.19 bits per heavy atom. The maximum absolute atomic E-state index is 12.5. The third kappa shape index (κ3) is 4.11. The summed E-state index contributed by atoms with van der Waals surface area (Å²) in [6.07, 6.45) is 1.55. The SMILES string of the molecule is CC(O)CC1CCCN1C(=O)C(C)Oc1ccccc1Cl. The molecule has 116 valence electrons. The number of rotatable bonds is 5. The first-order chi connectivity index (χ1) is 9.99. The summed E-state index contributed by atoms with van der Waals surface area (Å²) in [5.41, 5.74) is 0. The first-order valence-electron chi connectivity index (χ1n) is 7.38. The van der Waals surface area contributed by atoms with Gasteiger partial charge in [0.25, 0.3) is 5.91 Å². The molecule has 1 amide bonds. The second kappa shape index (κ2) is 7.14. The van der Waals surface area contributed by atoms with Crippen LogP contribution in [0.15, 0.2) is 24.3 Å². The molecule has 0 spiro atoms. The molecule has 3 atom stereocenters. The Labute approximate surface area is 130 Å². The Bertz CT molecular complexity index is 492. The van der Waals surface area contributed by atoms with E-state index in [1.165, 1.54) is 0 Å². The van der Waals surface area contributed by atoms with Gasteiger partial charge in [0, 0.05) is 12.6 Å². The smallest absolute Gasteiger partial charge is 0.263 e. The second-order valence-corrected chi connectivity index (χ2v) is 6.01. The fourth-order valence-corrected chi connectivity index (χ4v) is 2.96. The number of aliphatic hydroxyl groups is 1. The lowest BCUT2D eigenvalue weighted by atomic mass is 10.1. The molecule has 3 unspecified atom stereocenters. The van der Waals surface area contributed by atoms with Gasteiger partial charge in [-0.15, -0.1) is 0 Å². The average Bonchev–Trinajstić information content (AvgIpc) is 2.87. The van der Waals surface area contributed by atoms with Gasteiger partial charge in [-0.3, -0.25) is 4.79 Å². The van der Waals surface area contributed by atoms with Gasteiger partial charge in [0.05, 0.1) is 11.1 Å². The number of amides is 1. The summed E-state index contributed by atoms with van der Waals surface area (Å²) in [5.74, 6) is 0.476. The van der Waals surface area contributed by atoms with E-state index in [1.807, 2.05) is 17.0 Å². The van der Waals surface area contributed by atoms with Crippen molar-refractivity contribution in [2.45, 2.75) is 51.4 Å². The number of benzene rings is 1. The molecule has 1 aliphatic rings. The van der Waals surface area contributed by atoms with Crippen LogP contribution in [-0.4, -0.2) is 40.7 Å². The number of para-hydroxylation sites is 1. The summed E-state index contributed by atoms with van der Waals surface area (Å²) in [6, 6.07) is 7.24. The average molecular weight is 312 g/mol. The zero-order chi connectivity index (χ0) is 15.4. The summed E-state index contributed by atoms with van der Waals surface area (Å²) in [4.78, 5) is 14.4. The summed E-state index contributed by atoms with van der Waals surface area (Å²) >= 11 is 6.05. The van der Waals surface area contributed by atoms with E-state index < -0.39 is 12.2 Å². The number of carbonyl (C=O) groups is 1. The Balaban J connectivity index is 2.00. The van der Waals surface area contributed by atoms with Crippen LogP contribution >= 0.6 is 11.6 Å². The quantitative estimate of drug-likeness (QED) is 0.909. The molecule has 1 heterocycles. The summed E-state index contributed by atoms with van der Waals surface area (Å²) in [6.45, 7) is 4.22. The van der Waals surface area contributed by atoms with Gasteiger partial charge in [-0.25, -0.2) is 0 Å². The number of halogens is 1. The van der Waals surface area contributed by atoms with Crippen LogP contribution in [0.25, 0.3) is 0 Å². The highest BCUT2D eigenvalue weighted by Gasteiger charge is 2.32. The number of likely N-dealkylation sites (tertiary alicyclic amines) is 1. The number of carbonyl (C=O) groups excluding carboxylic acids is 1. The molecular formula is C16H22ClNO3. The minimum absolute atomic E-state index is 0.0435. The Hall–Kier alpha value is -1.26. The highest BCUT2D eigenvalue weighted by atomic mass is 35.5. The van der Waals surface area contributed by atoms with E-state index in [9.17, 15) is 9.90 Å². The fourth-order valence-electron chi connectivity index (χ4n) is 2.78. The van der Waals surface area contributed by atoms with E-state index in [-0.39, 0.29) is 11.9 Å². The van der Waals surface area contributed by atoms with Crippen LogP contribution in [0.4, 0.5) is 0 Å². The van der Waals surface area contributed by atoms with Crippen molar-refractivity contribution in [3.05, 3.63) is 29.3 Å². The van der Waals surface area contributed by atoms with E-state index in [2.05, 4.69) is 0 Å². The van der Waals surface area contributed by atoms with E-state index in [0.717, 1.165) is 19.4 Å². The first kappa shape index (κ1) is 16.1. The maximum Gasteiger partial charge on any atom is 0.263 e. The molecule has 0 radical (unpaired) electrons. The molecule has 2 rings (SSSR count). The number of hydrogen-bond acceptors (Lipinski definition) is 3. The summed E-state index contributed by atoms with van der Waals surface area (Å²) < 4.78 is 5.69. The maximum atomic E-state index is 12.5. The van der Waals surface area contributed by atoms with E-state index in [0.29, 0.717) is 17.2 Å². The van der Waals surface area contributed by atoms with Crippen molar-refractivity contribution < 1.29 is 14.6 Å². The predicted octanol–water partition coefficient (Wildman–Crippen LogP) is 2.87. The normalized spacial score (nSPS) is 21.1. The minimum atomic E-state index is -0.584. The fraction of sp³-hybridized carbons (Fsp3) is 0.562. The van der Waals surface area contributed by atoms with Crippen molar-refractivity contribution >= 4 is 17.5 Å². The second-order valence-electron chi connectivity index (χ2n) is 5.60. The van der Waals surface area contributed by atoms with Crippen LogP contribution in [0.5, 0.6) is 5.75 Å². The number of hydrogen-bond donors (Lipinski definition) is 1. The van der Waals surface area contributed by atoms with Crippen molar-refractivity contribution in [3.8, 4) is 5.75 Å². The molecule has 1 N–H and O–H groups in total. The van der Waals surface area contributed by atoms with Crippen LogP contribution in [-0.2, 0) is 4.79 Å². The molecule has 0 saturated carbocycles. The van der Waals surface area contributed by atoms with E-state index in [4.69, 9.17) is 16.3 Å². The molecule has 1 aromatic rings. The van der Waals surface area contributed by atoms with Crippen molar-refractivity contribution in [1.82, 2.24) is 4.90 Å². The topological polar surface area (TPSA) is 49.8 Å². The van der Waals surface area contributed by atoms with Crippen LogP contribution in [0.3, 0.4) is 0 Å². The minimum Gasteiger partial charge on any atom is -0.479 e. The molecular weight excluding hydrogens is 290 g/mol. The molecule has 5 heteroatoms. The number of nitrogens with zero attached hydrogens (tertiary/aromatic N) is 1. The molecule has 0 bridgehead atoms. The van der Waals surface area contributed by atoms with Gasteiger partial charge in [0.2, 0.25) is 0 Å². The highest BCUT2D eigenvalue weighted by Crippen LogP contribution is 2.26. The Kier molecular flexibility index (Phi) is 5.48. The van der Waals surface area contributed by atoms with Gasteiger partial charge in [-0.2, -0.15) is 0 Å². The number of ether oxygens (including phenoxy) is 1. The largest absolute Gasteiger partial charge is 0.479 e. The monoisotopic (exact) mass is 311 g/mol. The Morgan fingerprint density at radius 1 is 1.48 bits per heavy atom. The molecule has 21 heavy (non-hydrogen) atoms. The van der Waals surface area contributed by atoms with Gasteiger partial charge < -0.3 is 14.7 Å². The van der Waals surface area contributed by atoms with Crippen LogP contribution in [0, 0.1) is 0 Å². The molecule has 1 fully saturated rings. The van der Waals surface area contributed by atoms with Crippen LogP contribution in [0.2, 0.25) is 5.02 Å². The highest BCUT2D eigenvalue weighted by molar-refractivity contribution is 6.32. The van der Waals surface area contributed by atoms with Gasteiger partial charge in [0.1, 0.15) is 5.75 Å². The predicted molar refractivity (Wildman–Crippen MR) is 82.6 cm³/mol. The van der Waals surface area contributed by atoms with Crippen LogP contribution < -0.4 is 4.74 Å². The standard InChI is InChI=1S/C16H22ClNO3/c1-11(19)10-13-6-5-9-18(13)16(20)12(2)21-15-8-4-3-7-14(15)17/h3-4,7-8,11-13,19H,5-6,9-10H2,1-2H3. The van der Waals surface area contributed by atoms with E-state index in [1.54, 1.807) is 26.0 Å². The molecule has 0 aliphatic carbocycles. The van der Waals surface area contributed by atoms with Crippen molar-refractivity contribution in [1.29, 1.82) is 0 Å². The Morgan fingerprint density at radius 3 is 2.86 bits per heavy atom. The van der Waals surface area contributed by atoms with Gasteiger partial charge >= 0.3 is 0 Å². The van der Waals surface area contributed by atoms with E-state index >= 15 is 0 Å². The van der Waals surface area contributed by atoms with Gasteiger partial charge in [-0.05, 0) is 45.2 Å². The lowest BCUT2D eigenvalue weighted by molar-refractivity contribution is -0.139. The van der Waals surface area contributed by atoms with Crippen molar-refractivity contribution in [3.63, 3.8) is 0 Å². The first-order valence-corrected chi connectivity index (χ1v) is 7.76. The zero-order valence-corrected chi connectivity index (χ0v) is 13.2. The molecule has 1 aromatic carbocycles. The third-order valence-electron chi connectivity index (χ3n) is 3.76. The molecule has 1 aliphatic heterocycles. The van der Waals surface area contributed by atoms with Crippen LogP contribution in [0.1, 0.15) is 33.1 Å². The van der Waals surface area contributed by atoms with Crippen molar-refractivity contribution in [2.75, 3.05) is 6.54 Å². The summed E-state index contributed by atoms with van der Waals surface area (Å²) in [7, 11) is 0. The molecule has 4 nitrogen and oxygen atoms in total. The van der Waals surface area contributed by atoms with Gasteiger partial charge in [-0.1, -0.05) is 23.7 Å². The van der Waals surface area contributed by atoms with Crippen molar-refractivity contribution in [2.24, 2.45) is 0 Å². The lowest BCUT2D eigenvalue weighted by Gasteiger charge is -2.28. The molecule has 0 aromatic heterocycles. The third-order valence-corrected chi connectivity index (χ3v) is 4.07. The number of aliphatic hydroxyl groups excluding tert-OH is 1. The molecule has 1 saturated heterocycles. The zero-order valence-electron chi connectivity index (χ0n) is 12.5. The van der Waals surface area contributed by atoms with Gasteiger partial charge in [0.15, 0.2) is 6.10 Å². The lowest BCUT2D eigenvalue weighted by Crippen LogP contribution is -2.44.